The van der Waals surface area contributed by atoms with Gasteiger partial charge in [-0.2, -0.15) is 0 Å². The number of amides is 1. The van der Waals surface area contributed by atoms with Gasteiger partial charge in [0, 0.05) is 21.6 Å². The van der Waals surface area contributed by atoms with Crippen molar-refractivity contribution in [2.45, 2.75) is 28.4 Å². The summed E-state index contributed by atoms with van der Waals surface area (Å²) in [6.07, 6.45) is 1.000. The molecule has 1 amide bonds. The SMILES string of the molecule is CC1CCN(C(=O)CSc2ccc3c(c2)OCCO3)c2ccccc2S1. The van der Waals surface area contributed by atoms with Crippen LogP contribution < -0.4 is 14.4 Å². The predicted molar refractivity (Wildman–Crippen MR) is 107 cm³/mol. The zero-order valence-corrected chi connectivity index (χ0v) is 16.3. The minimum absolute atomic E-state index is 0.145. The average molecular weight is 388 g/mol. The normalized spacial score (nSPS) is 18.8. The number of fused-ring (bicyclic) bond motifs is 2. The van der Waals surface area contributed by atoms with Gasteiger partial charge in [0.05, 0.1) is 11.4 Å². The fraction of sp³-hybridized carbons (Fsp3) is 0.350. The van der Waals surface area contributed by atoms with Crippen LogP contribution in [0.15, 0.2) is 52.3 Å². The second-order valence-corrected chi connectivity index (χ2v) is 8.85. The van der Waals surface area contributed by atoms with Crippen LogP contribution in [0.3, 0.4) is 0 Å². The van der Waals surface area contributed by atoms with Crippen molar-refractivity contribution in [3.8, 4) is 11.5 Å². The van der Waals surface area contributed by atoms with Crippen molar-refractivity contribution in [2.24, 2.45) is 0 Å². The Bertz CT molecular complexity index is 811. The lowest BCUT2D eigenvalue weighted by Crippen LogP contribution is -2.33. The Kier molecular flexibility index (Phi) is 5.31. The number of carbonyl (C=O) groups is 1. The summed E-state index contributed by atoms with van der Waals surface area (Å²) >= 11 is 3.40. The van der Waals surface area contributed by atoms with Gasteiger partial charge in [0.2, 0.25) is 5.91 Å². The molecule has 0 fully saturated rings. The molecule has 2 heterocycles. The quantitative estimate of drug-likeness (QED) is 0.727. The molecule has 4 nitrogen and oxygen atoms in total. The Hall–Kier alpha value is -1.79. The standard InChI is InChI=1S/C20H21NO3S2/c1-14-8-9-21(16-4-2-3-5-19(16)26-14)20(22)13-25-15-6-7-17-18(12-15)24-11-10-23-17/h2-7,12,14H,8-11,13H2,1H3. The second-order valence-electron chi connectivity index (χ2n) is 6.32. The van der Waals surface area contributed by atoms with Gasteiger partial charge in [-0.25, -0.2) is 0 Å². The van der Waals surface area contributed by atoms with Gasteiger partial charge < -0.3 is 14.4 Å². The third-order valence-corrected chi connectivity index (χ3v) is 6.64. The summed E-state index contributed by atoms with van der Waals surface area (Å²) in [6.45, 7) is 4.15. The van der Waals surface area contributed by atoms with Crippen molar-refractivity contribution in [1.29, 1.82) is 0 Å². The molecule has 6 heteroatoms. The lowest BCUT2D eigenvalue weighted by molar-refractivity contribution is -0.116. The van der Waals surface area contributed by atoms with E-state index < -0.39 is 0 Å². The van der Waals surface area contributed by atoms with Crippen LogP contribution in [-0.4, -0.2) is 36.7 Å². The highest BCUT2D eigenvalue weighted by Crippen LogP contribution is 2.38. The number of anilines is 1. The maximum Gasteiger partial charge on any atom is 0.237 e. The largest absolute Gasteiger partial charge is 0.486 e. The van der Waals surface area contributed by atoms with E-state index in [4.69, 9.17) is 9.47 Å². The molecular weight excluding hydrogens is 366 g/mol. The van der Waals surface area contributed by atoms with Crippen LogP contribution in [0.4, 0.5) is 5.69 Å². The molecule has 1 unspecified atom stereocenters. The second kappa shape index (κ2) is 7.84. The van der Waals surface area contributed by atoms with Crippen molar-refractivity contribution < 1.29 is 14.3 Å². The lowest BCUT2D eigenvalue weighted by Gasteiger charge is -2.22. The van der Waals surface area contributed by atoms with E-state index in [1.54, 1.807) is 11.8 Å². The van der Waals surface area contributed by atoms with E-state index in [0.29, 0.717) is 24.2 Å². The number of ether oxygens (including phenoxy) is 2. The fourth-order valence-electron chi connectivity index (χ4n) is 3.08. The molecule has 0 N–H and O–H groups in total. The van der Waals surface area contributed by atoms with Crippen LogP contribution in [0.25, 0.3) is 0 Å². The van der Waals surface area contributed by atoms with E-state index >= 15 is 0 Å². The van der Waals surface area contributed by atoms with Crippen molar-refractivity contribution >= 4 is 35.1 Å². The van der Waals surface area contributed by atoms with Crippen molar-refractivity contribution in [3.63, 3.8) is 0 Å². The highest BCUT2D eigenvalue weighted by molar-refractivity contribution is 8.00. The molecule has 0 saturated carbocycles. The highest BCUT2D eigenvalue weighted by Gasteiger charge is 2.24. The summed E-state index contributed by atoms with van der Waals surface area (Å²) in [5.74, 6) is 2.10. The molecule has 26 heavy (non-hydrogen) atoms. The molecule has 0 saturated heterocycles. The van der Waals surface area contributed by atoms with Crippen LogP contribution >= 0.6 is 23.5 Å². The van der Waals surface area contributed by atoms with Crippen molar-refractivity contribution in [2.75, 3.05) is 30.4 Å². The van der Waals surface area contributed by atoms with Crippen molar-refractivity contribution in [3.05, 3.63) is 42.5 Å². The zero-order chi connectivity index (χ0) is 17.9. The molecule has 2 aliphatic heterocycles. The Morgan fingerprint density at radius 1 is 1.19 bits per heavy atom. The number of hydrogen-bond donors (Lipinski definition) is 0. The molecule has 0 aromatic heterocycles. The minimum Gasteiger partial charge on any atom is -0.486 e. The number of rotatable bonds is 3. The van der Waals surface area contributed by atoms with Gasteiger partial charge in [0.1, 0.15) is 13.2 Å². The predicted octanol–water partition coefficient (Wildman–Crippen LogP) is 4.47. The fourth-order valence-corrected chi connectivity index (χ4v) is 5.00. The highest BCUT2D eigenvalue weighted by atomic mass is 32.2. The number of carbonyl (C=O) groups excluding carboxylic acids is 1. The molecule has 4 rings (SSSR count). The van der Waals surface area contributed by atoms with Gasteiger partial charge in [-0.1, -0.05) is 19.1 Å². The maximum absolute atomic E-state index is 12.9. The summed E-state index contributed by atoms with van der Waals surface area (Å²) in [5.41, 5.74) is 1.04. The van der Waals surface area contributed by atoms with Gasteiger partial charge >= 0.3 is 0 Å². The molecule has 1 atom stereocenters. The number of hydrogen-bond acceptors (Lipinski definition) is 5. The summed E-state index contributed by atoms with van der Waals surface area (Å²) in [7, 11) is 0. The minimum atomic E-state index is 0.145. The molecule has 136 valence electrons. The lowest BCUT2D eigenvalue weighted by atomic mass is 10.2. The molecule has 0 bridgehead atoms. The smallest absolute Gasteiger partial charge is 0.237 e. The molecule has 2 aromatic rings. The third-order valence-electron chi connectivity index (χ3n) is 4.42. The Morgan fingerprint density at radius 2 is 2.00 bits per heavy atom. The number of nitrogens with zero attached hydrogens (tertiary/aromatic N) is 1. The zero-order valence-electron chi connectivity index (χ0n) is 14.6. The van der Waals surface area contributed by atoms with Gasteiger partial charge in [0.15, 0.2) is 11.5 Å². The first-order valence-corrected chi connectivity index (χ1v) is 10.7. The van der Waals surface area contributed by atoms with Gasteiger partial charge in [-0.3, -0.25) is 4.79 Å². The first-order chi connectivity index (χ1) is 12.7. The molecule has 0 aliphatic carbocycles. The first kappa shape index (κ1) is 17.6. The summed E-state index contributed by atoms with van der Waals surface area (Å²) < 4.78 is 11.2. The monoisotopic (exact) mass is 387 g/mol. The Balaban J connectivity index is 1.46. The number of thioether (sulfide) groups is 2. The molecule has 2 aromatic carbocycles. The third kappa shape index (κ3) is 3.81. The number of para-hydroxylation sites is 1. The van der Waals surface area contributed by atoms with Crippen LogP contribution in [0.2, 0.25) is 0 Å². The first-order valence-electron chi connectivity index (χ1n) is 8.79. The van der Waals surface area contributed by atoms with E-state index in [9.17, 15) is 4.79 Å². The van der Waals surface area contributed by atoms with E-state index in [1.165, 1.54) is 4.90 Å². The van der Waals surface area contributed by atoms with E-state index in [2.05, 4.69) is 13.0 Å². The molecule has 0 radical (unpaired) electrons. The summed E-state index contributed by atoms with van der Waals surface area (Å²) in [5, 5.41) is 0.513. The number of benzene rings is 2. The van der Waals surface area contributed by atoms with Crippen LogP contribution in [0, 0.1) is 0 Å². The molecule has 0 spiro atoms. The van der Waals surface area contributed by atoms with Crippen LogP contribution in [0.1, 0.15) is 13.3 Å². The van der Waals surface area contributed by atoms with Gasteiger partial charge in [-0.15, -0.1) is 23.5 Å². The Labute approximate surface area is 162 Å². The van der Waals surface area contributed by atoms with Crippen molar-refractivity contribution in [1.82, 2.24) is 0 Å². The van der Waals surface area contributed by atoms with Crippen LogP contribution in [-0.2, 0) is 4.79 Å². The van der Waals surface area contributed by atoms with Gasteiger partial charge in [-0.05, 0) is 36.8 Å². The van der Waals surface area contributed by atoms with Gasteiger partial charge in [0.25, 0.3) is 0 Å². The van der Waals surface area contributed by atoms with E-state index in [0.717, 1.165) is 35.0 Å². The van der Waals surface area contributed by atoms with E-state index in [-0.39, 0.29) is 5.91 Å². The average Bonchev–Trinajstić information content (AvgIpc) is 2.84. The van der Waals surface area contributed by atoms with Crippen LogP contribution in [0.5, 0.6) is 11.5 Å². The van der Waals surface area contributed by atoms with E-state index in [1.807, 2.05) is 53.1 Å². The molecule has 2 aliphatic rings. The maximum atomic E-state index is 12.9. The Morgan fingerprint density at radius 3 is 2.88 bits per heavy atom. The topological polar surface area (TPSA) is 38.8 Å². The molecular formula is C20H21NO3S2. The summed E-state index contributed by atoms with van der Waals surface area (Å²) in [4.78, 5) is 17.1. The summed E-state index contributed by atoms with van der Waals surface area (Å²) in [6, 6.07) is 14.1.